The predicted octanol–water partition coefficient (Wildman–Crippen LogP) is 3.13. The molecule has 2 aromatic carbocycles. The van der Waals surface area contributed by atoms with Crippen LogP contribution in [0.3, 0.4) is 0 Å². The Kier molecular flexibility index (Phi) is 5.43. The molecule has 0 fully saturated rings. The molecule has 0 atom stereocenters. The van der Waals surface area contributed by atoms with E-state index in [4.69, 9.17) is 9.47 Å². The van der Waals surface area contributed by atoms with Crippen LogP contribution in [0, 0.1) is 11.6 Å². The first-order valence-electron chi connectivity index (χ1n) is 6.54. The molecule has 116 valence electrons. The molecule has 1 amide bonds. The lowest BCUT2D eigenvalue weighted by Crippen LogP contribution is -2.20. The van der Waals surface area contributed by atoms with Crippen LogP contribution < -0.4 is 10.1 Å². The van der Waals surface area contributed by atoms with Crippen LogP contribution in [0.5, 0.6) is 5.75 Å². The maximum atomic E-state index is 13.4. The Balaban J connectivity index is 1.91. The lowest BCUT2D eigenvalue weighted by Gasteiger charge is -2.09. The second-order valence-electron chi connectivity index (χ2n) is 4.54. The summed E-state index contributed by atoms with van der Waals surface area (Å²) in [4.78, 5) is 11.8. The van der Waals surface area contributed by atoms with Crippen LogP contribution >= 0.6 is 0 Å². The molecular weight excluding hydrogens is 292 g/mol. The molecule has 0 saturated carbocycles. The minimum Gasteiger partial charge on any atom is -0.481 e. The summed E-state index contributed by atoms with van der Waals surface area (Å²) in [5.74, 6) is -2.18. The summed E-state index contributed by atoms with van der Waals surface area (Å²) in [6.07, 6.45) is 0. The van der Waals surface area contributed by atoms with Crippen molar-refractivity contribution in [3.8, 4) is 5.75 Å². The van der Waals surface area contributed by atoms with Gasteiger partial charge in [0.15, 0.2) is 18.2 Å². The normalized spacial score (nSPS) is 10.3. The summed E-state index contributed by atoms with van der Waals surface area (Å²) in [5, 5.41) is 2.63. The quantitative estimate of drug-likeness (QED) is 0.892. The Morgan fingerprint density at radius 2 is 2.00 bits per heavy atom. The van der Waals surface area contributed by atoms with Crippen molar-refractivity contribution in [1.29, 1.82) is 0 Å². The van der Waals surface area contributed by atoms with Crippen LogP contribution in [-0.2, 0) is 16.1 Å². The van der Waals surface area contributed by atoms with Crippen LogP contribution in [-0.4, -0.2) is 19.6 Å². The van der Waals surface area contributed by atoms with Crippen molar-refractivity contribution >= 4 is 11.6 Å². The van der Waals surface area contributed by atoms with Gasteiger partial charge in [0.05, 0.1) is 6.61 Å². The molecule has 4 nitrogen and oxygen atoms in total. The lowest BCUT2D eigenvalue weighted by molar-refractivity contribution is -0.118. The van der Waals surface area contributed by atoms with Gasteiger partial charge >= 0.3 is 0 Å². The van der Waals surface area contributed by atoms with E-state index in [1.54, 1.807) is 25.3 Å². The van der Waals surface area contributed by atoms with E-state index in [0.717, 1.165) is 17.7 Å². The minimum atomic E-state index is -0.852. The van der Waals surface area contributed by atoms with E-state index in [1.807, 2.05) is 6.07 Å². The number of hydrogen-bond acceptors (Lipinski definition) is 3. The number of hydrogen-bond donors (Lipinski definition) is 1. The van der Waals surface area contributed by atoms with Crippen LogP contribution in [0.1, 0.15) is 5.56 Å². The zero-order chi connectivity index (χ0) is 15.9. The van der Waals surface area contributed by atoms with E-state index in [9.17, 15) is 13.6 Å². The molecule has 2 rings (SSSR count). The van der Waals surface area contributed by atoms with Crippen LogP contribution in [0.4, 0.5) is 14.5 Å². The molecule has 2 aromatic rings. The summed E-state index contributed by atoms with van der Waals surface area (Å²) in [7, 11) is 1.58. The molecule has 0 radical (unpaired) electrons. The maximum absolute atomic E-state index is 13.4. The van der Waals surface area contributed by atoms with Crippen LogP contribution in [0.25, 0.3) is 0 Å². The van der Waals surface area contributed by atoms with E-state index >= 15 is 0 Å². The zero-order valence-electron chi connectivity index (χ0n) is 11.9. The fourth-order valence-corrected chi connectivity index (χ4v) is 1.84. The van der Waals surface area contributed by atoms with Gasteiger partial charge in [0.1, 0.15) is 5.82 Å². The molecule has 0 aliphatic heterocycles. The number of carbonyl (C=O) groups excluding carboxylic acids is 1. The molecule has 0 unspecified atom stereocenters. The Morgan fingerprint density at radius 1 is 1.18 bits per heavy atom. The number of methoxy groups -OCH3 is 1. The Labute approximate surface area is 126 Å². The van der Waals surface area contributed by atoms with Crippen molar-refractivity contribution in [2.45, 2.75) is 6.61 Å². The molecule has 22 heavy (non-hydrogen) atoms. The maximum Gasteiger partial charge on any atom is 0.262 e. The highest BCUT2D eigenvalue weighted by molar-refractivity contribution is 5.91. The van der Waals surface area contributed by atoms with Crippen molar-refractivity contribution in [2.75, 3.05) is 19.0 Å². The van der Waals surface area contributed by atoms with Crippen molar-refractivity contribution in [1.82, 2.24) is 0 Å². The van der Waals surface area contributed by atoms with Crippen molar-refractivity contribution < 1.29 is 23.0 Å². The number of amides is 1. The standard InChI is InChI=1S/C16H15F2NO3/c1-21-9-11-3-2-4-13(7-11)19-16(20)10-22-15-6-5-12(17)8-14(15)18/h2-8H,9-10H2,1H3,(H,19,20). The topological polar surface area (TPSA) is 47.6 Å². The largest absolute Gasteiger partial charge is 0.481 e. The fourth-order valence-electron chi connectivity index (χ4n) is 1.84. The van der Waals surface area contributed by atoms with Gasteiger partial charge in [-0.1, -0.05) is 12.1 Å². The third kappa shape index (κ3) is 4.53. The second-order valence-corrected chi connectivity index (χ2v) is 4.54. The van der Waals surface area contributed by atoms with E-state index in [2.05, 4.69) is 5.32 Å². The van der Waals surface area contributed by atoms with Gasteiger partial charge in [0, 0.05) is 18.9 Å². The molecule has 0 aromatic heterocycles. The molecule has 0 bridgehead atoms. The average Bonchev–Trinajstić information content (AvgIpc) is 2.47. The number of carbonyl (C=O) groups is 1. The van der Waals surface area contributed by atoms with Gasteiger partial charge in [0.2, 0.25) is 0 Å². The van der Waals surface area contributed by atoms with Gasteiger partial charge < -0.3 is 14.8 Å². The highest BCUT2D eigenvalue weighted by Gasteiger charge is 2.08. The molecule has 6 heteroatoms. The Morgan fingerprint density at radius 3 is 2.73 bits per heavy atom. The summed E-state index contributed by atoms with van der Waals surface area (Å²) in [6, 6.07) is 10.0. The monoisotopic (exact) mass is 307 g/mol. The molecule has 0 saturated heterocycles. The average molecular weight is 307 g/mol. The van der Waals surface area contributed by atoms with Crippen LogP contribution in [0.15, 0.2) is 42.5 Å². The van der Waals surface area contributed by atoms with E-state index < -0.39 is 17.5 Å². The summed E-state index contributed by atoms with van der Waals surface area (Å²) < 4.78 is 36.1. The smallest absolute Gasteiger partial charge is 0.262 e. The summed E-state index contributed by atoms with van der Waals surface area (Å²) in [6.45, 7) is 0.0536. The van der Waals surface area contributed by atoms with Gasteiger partial charge in [-0.25, -0.2) is 8.78 Å². The number of benzene rings is 2. The van der Waals surface area contributed by atoms with Gasteiger partial charge in [-0.05, 0) is 29.8 Å². The molecule has 0 heterocycles. The zero-order valence-corrected chi connectivity index (χ0v) is 11.9. The first-order valence-corrected chi connectivity index (χ1v) is 6.54. The SMILES string of the molecule is COCc1cccc(NC(=O)COc2ccc(F)cc2F)c1. The first-order chi connectivity index (χ1) is 10.6. The molecule has 0 aliphatic rings. The molecular formula is C16H15F2NO3. The first kappa shape index (κ1) is 15.9. The van der Waals surface area contributed by atoms with E-state index in [-0.39, 0.29) is 12.4 Å². The van der Waals surface area contributed by atoms with Crippen molar-refractivity contribution in [2.24, 2.45) is 0 Å². The lowest BCUT2D eigenvalue weighted by atomic mass is 10.2. The molecule has 0 aliphatic carbocycles. The summed E-state index contributed by atoms with van der Waals surface area (Å²) >= 11 is 0. The van der Waals surface area contributed by atoms with Gasteiger partial charge in [-0.2, -0.15) is 0 Å². The third-order valence-corrected chi connectivity index (χ3v) is 2.77. The molecule has 0 spiro atoms. The van der Waals surface area contributed by atoms with Gasteiger partial charge in [-0.15, -0.1) is 0 Å². The second kappa shape index (κ2) is 7.51. The number of ether oxygens (including phenoxy) is 2. The molecule has 1 N–H and O–H groups in total. The fraction of sp³-hybridized carbons (Fsp3) is 0.188. The summed E-state index contributed by atoms with van der Waals surface area (Å²) in [5.41, 5.74) is 1.49. The van der Waals surface area contributed by atoms with Gasteiger partial charge in [-0.3, -0.25) is 4.79 Å². The van der Waals surface area contributed by atoms with Crippen molar-refractivity contribution in [3.63, 3.8) is 0 Å². The minimum absolute atomic E-state index is 0.176. The Bertz CT molecular complexity index is 662. The van der Waals surface area contributed by atoms with E-state index in [1.165, 1.54) is 0 Å². The number of nitrogens with one attached hydrogen (secondary N) is 1. The van der Waals surface area contributed by atoms with Gasteiger partial charge in [0.25, 0.3) is 5.91 Å². The third-order valence-electron chi connectivity index (χ3n) is 2.77. The predicted molar refractivity (Wildman–Crippen MR) is 77.6 cm³/mol. The Hall–Kier alpha value is -2.47. The van der Waals surface area contributed by atoms with Crippen LogP contribution in [0.2, 0.25) is 0 Å². The number of rotatable bonds is 6. The number of halogens is 2. The number of anilines is 1. The van der Waals surface area contributed by atoms with Crippen molar-refractivity contribution in [3.05, 3.63) is 59.7 Å². The highest BCUT2D eigenvalue weighted by atomic mass is 19.1. The highest BCUT2D eigenvalue weighted by Crippen LogP contribution is 2.17. The van der Waals surface area contributed by atoms with E-state index in [0.29, 0.717) is 18.4 Å².